The lowest BCUT2D eigenvalue weighted by Crippen LogP contribution is -2.55. The highest BCUT2D eigenvalue weighted by Gasteiger charge is 2.37. The van der Waals surface area contributed by atoms with Crippen LogP contribution in [-0.4, -0.2) is 46.5 Å². The predicted molar refractivity (Wildman–Crippen MR) is 141 cm³/mol. The predicted octanol–water partition coefficient (Wildman–Crippen LogP) is 5.60. The largest absolute Gasteiger partial charge is 0.444 e. The number of carbonyl (C=O) groups excluding carboxylic acids is 3. The third-order valence-electron chi connectivity index (χ3n) is 5.75. The molecule has 4 atom stereocenters. The first-order valence-electron chi connectivity index (χ1n) is 12.9. The van der Waals surface area contributed by atoms with Crippen LogP contribution in [0.3, 0.4) is 0 Å². The van der Waals surface area contributed by atoms with Crippen molar-refractivity contribution in [3.63, 3.8) is 0 Å². The van der Waals surface area contributed by atoms with E-state index in [4.69, 9.17) is 4.74 Å². The first-order chi connectivity index (χ1) is 16.3. The molecule has 0 bridgehead atoms. The number of nitrogens with one attached hydrogen (secondary N) is 2. The van der Waals surface area contributed by atoms with E-state index in [2.05, 4.69) is 31.4 Å². The van der Waals surface area contributed by atoms with Crippen molar-refractivity contribution in [2.45, 2.75) is 118 Å². The monoisotopic (exact) mass is 489 g/mol. The quantitative estimate of drug-likeness (QED) is 0.400. The van der Waals surface area contributed by atoms with Crippen LogP contribution in [0.4, 0.5) is 4.79 Å². The molecule has 35 heavy (non-hydrogen) atoms. The molecule has 7 heteroatoms. The lowest BCUT2D eigenvalue weighted by Gasteiger charge is -2.38. The van der Waals surface area contributed by atoms with Crippen molar-refractivity contribution < 1.29 is 19.1 Å². The topological polar surface area (TPSA) is 87.7 Å². The van der Waals surface area contributed by atoms with Crippen LogP contribution in [-0.2, 0) is 14.3 Å². The van der Waals surface area contributed by atoms with Crippen LogP contribution in [0.25, 0.3) is 0 Å². The van der Waals surface area contributed by atoms with Gasteiger partial charge in [-0.3, -0.25) is 9.59 Å². The number of alkyl carbamates (subject to hydrolysis) is 1. The van der Waals surface area contributed by atoms with Crippen molar-refractivity contribution in [2.24, 2.45) is 5.92 Å². The Kier molecular flexibility index (Phi) is 12.3. The molecule has 0 aromatic heterocycles. The SMILES string of the molecule is CCCC(C)NC(=O)C(c1ccccc1)N(C(=O)C(C)NC(=O)OC(C)(C)C)C(C)CCC(C)C. The Labute approximate surface area is 212 Å². The first-order valence-corrected chi connectivity index (χ1v) is 12.9. The number of nitrogens with zero attached hydrogens (tertiary/aromatic N) is 1. The van der Waals surface area contributed by atoms with E-state index >= 15 is 0 Å². The third-order valence-corrected chi connectivity index (χ3v) is 5.75. The number of amides is 3. The number of carbonyl (C=O) groups is 3. The summed E-state index contributed by atoms with van der Waals surface area (Å²) in [5.41, 5.74) is 0.0572. The Hall–Kier alpha value is -2.57. The highest BCUT2D eigenvalue weighted by atomic mass is 16.6. The minimum absolute atomic E-state index is 0.0149. The second-order valence-electron chi connectivity index (χ2n) is 10.9. The molecule has 2 N–H and O–H groups in total. The molecule has 0 fully saturated rings. The maximum Gasteiger partial charge on any atom is 0.408 e. The molecule has 0 aliphatic rings. The molecule has 0 spiro atoms. The summed E-state index contributed by atoms with van der Waals surface area (Å²) in [6.45, 7) is 17.2. The summed E-state index contributed by atoms with van der Waals surface area (Å²) in [5.74, 6) is -0.0779. The van der Waals surface area contributed by atoms with Gasteiger partial charge in [0.2, 0.25) is 11.8 Å². The molecule has 0 aliphatic heterocycles. The van der Waals surface area contributed by atoms with Crippen LogP contribution in [0.5, 0.6) is 0 Å². The molecular weight excluding hydrogens is 442 g/mol. The lowest BCUT2D eigenvalue weighted by molar-refractivity contribution is -0.145. The summed E-state index contributed by atoms with van der Waals surface area (Å²) in [7, 11) is 0. The van der Waals surface area contributed by atoms with Crippen molar-refractivity contribution in [1.82, 2.24) is 15.5 Å². The number of hydrogen-bond acceptors (Lipinski definition) is 4. The zero-order valence-electron chi connectivity index (χ0n) is 23.2. The normalized spacial score (nSPS) is 15.0. The van der Waals surface area contributed by atoms with E-state index in [1.165, 1.54) is 0 Å². The summed E-state index contributed by atoms with van der Waals surface area (Å²) < 4.78 is 5.35. The van der Waals surface area contributed by atoms with Gasteiger partial charge in [0, 0.05) is 12.1 Å². The van der Waals surface area contributed by atoms with Crippen LogP contribution >= 0.6 is 0 Å². The second-order valence-corrected chi connectivity index (χ2v) is 10.9. The Morgan fingerprint density at radius 2 is 1.51 bits per heavy atom. The van der Waals surface area contributed by atoms with Gasteiger partial charge in [0.05, 0.1) is 0 Å². The molecule has 3 amide bonds. The van der Waals surface area contributed by atoms with Gasteiger partial charge in [-0.2, -0.15) is 0 Å². The summed E-state index contributed by atoms with van der Waals surface area (Å²) in [4.78, 5) is 41.5. The van der Waals surface area contributed by atoms with E-state index in [0.29, 0.717) is 5.92 Å². The van der Waals surface area contributed by atoms with Crippen LogP contribution in [0, 0.1) is 5.92 Å². The Bertz CT molecular complexity index is 804. The van der Waals surface area contributed by atoms with E-state index in [1.54, 1.807) is 32.6 Å². The van der Waals surface area contributed by atoms with E-state index in [0.717, 1.165) is 31.2 Å². The third kappa shape index (κ3) is 10.7. The average molecular weight is 490 g/mol. The number of hydrogen-bond donors (Lipinski definition) is 2. The van der Waals surface area contributed by atoms with E-state index in [1.807, 2.05) is 44.2 Å². The summed E-state index contributed by atoms with van der Waals surface area (Å²) in [6, 6.07) is 7.46. The Morgan fingerprint density at radius 3 is 2.03 bits per heavy atom. The molecule has 0 saturated heterocycles. The van der Waals surface area contributed by atoms with E-state index in [-0.39, 0.29) is 23.9 Å². The average Bonchev–Trinajstić information content (AvgIpc) is 2.74. The van der Waals surface area contributed by atoms with Gasteiger partial charge in [-0.15, -0.1) is 0 Å². The minimum atomic E-state index is -0.863. The molecule has 7 nitrogen and oxygen atoms in total. The number of rotatable bonds is 12. The zero-order chi connectivity index (χ0) is 26.8. The fourth-order valence-corrected chi connectivity index (χ4v) is 3.98. The fourth-order valence-electron chi connectivity index (χ4n) is 3.98. The van der Waals surface area contributed by atoms with Gasteiger partial charge in [0.25, 0.3) is 0 Å². The van der Waals surface area contributed by atoms with Crippen LogP contribution in [0.1, 0.15) is 99.6 Å². The van der Waals surface area contributed by atoms with Gasteiger partial charge < -0.3 is 20.3 Å². The molecule has 0 heterocycles. The smallest absolute Gasteiger partial charge is 0.408 e. The summed E-state index contributed by atoms with van der Waals surface area (Å²) in [5, 5.41) is 5.76. The van der Waals surface area contributed by atoms with Gasteiger partial charge >= 0.3 is 6.09 Å². The highest BCUT2D eigenvalue weighted by molar-refractivity contribution is 5.92. The van der Waals surface area contributed by atoms with E-state index in [9.17, 15) is 14.4 Å². The lowest BCUT2D eigenvalue weighted by atomic mass is 9.97. The molecule has 0 saturated carbocycles. The molecule has 4 unspecified atom stereocenters. The number of ether oxygens (including phenoxy) is 1. The Morgan fingerprint density at radius 1 is 0.914 bits per heavy atom. The van der Waals surface area contributed by atoms with Crippen molar-refractivity contribution >= 4 is 17.9 Å². The Balaban J connectivity index is 3.37. The van der Waals surface area contributed by atoms with Gasteiger partial charge in [-0.1, -0.05) is 57.5 Å². The van der Waals surface area contributed by atoms with Crippen LogP contribution < -0.4 is 10.6 Å². The molecule has 0 aliphatic carbocycles. The van der Waals surface area contributed by atoms with Crippen molar-refractivity contribution in [3.05, 3.63) is 35.9 Å². The van der Waals surface area contributed by atoms with Crippen molar-refractivity contribution in [2.75, 3.05) is 0 Å². The van der Waals surface area contributed by atoms with Gasteiger partial charge in [0.15, 0.2) is 0 Å². The van der Waals surface area contributed by atoms with Crippen molar-refractivity contribution in [3.8, 4) is 0 Å². The maximum absolute atomic E-state index is 13.8. The molecule has 1 aromatic carbocycles. The number of benzene rings is 1. The zero-order valence-corrected chi connectivity index (χ0v) is 23.2. The van der Waals surface area contributed by atoms with Gasteiger partial charge in [0.1, 0.15) is 17.7 Å². The summed E-state index contributed by atoms with van der Waals surface area (Å²) in [6.07, 6.45) is 2.78. The molecule has 198 valence electrons. The standard InChI is InChI=1S/C28H47N3O4/c1-10-14-20(4)29-25(32)24(23-15-12-11-13-16-23)31(21(5)18-17-19(2)3)26(33)22(6)30-27(34)35-28(7,8)9/h11-13,15-16,19-22,24H,10,14,17-18H2,1-9H3,(H,29,32)(H,30,34). The highest BCUT2D eigenvalue weighted by Crippen LogP contribution is 2.27. The van der Waals surface area contributed by atoms with Crippen LogP contribution in [0.2, 0.25) is 0 Å². The summed E-state index contributed by atoms with van der Waals surface area (Å²) >= 11 is 0. The van der Waals surface area contributed by atoms with Gasteiger partial charge in [-0.25, -0.2) is 4.79 Å². The second kappa shape index (κ2) is 14.1. The van der Waals surface area contributed by atoms with Gasteiger partial charge in [-0.05, 0) is 72.3 Å². The van der Waals surface area contributed by atoms with Crippen molar-refractivity contribution in [1.29, 1.82) is 0 Å². The minimum Gasteiger partial charge on any atom is -0.444 e. The maximum atomic E-state index is 13.8. The molecule has 1 rings (SSSR count). The van der Waals surface area contributed by atoms with Crippen LogP contribution in [0.15, 0.2) is 30.3 Å². The first kappa shape index (κ1) is 30.5. The fraction of sp³-hybridized carbons (Fsp3) is 0.679. The molecule has 1 aromatic rings. The van der Waals surface area contributed by atoms with E-state index < -0.39 is 23.8 Å². The molecular formula is C28H47N3O4. The molecule has 0 radical (unpaired) electrons.